The minimum absolute atomic E-state index is 0.0776. The van der Waals surface area contributed by atoms with Crippen LogP contribution in [0.25, 0.3) is 0 Å². The van der Waals surface area contributed by atoms with Crippen molar-refractivity contribution in [2.45, 2.75) is 25.6 Å². The van der Waals surface area contributed by atoms with E-state index in [9.17, 15) is 9.59 Å². The maximum atomic E-state index is 12.7. The summed E-state index contributed by atoms with van der Waals surface area (Å²) in [7, 11) is 0. The van der Waals surface area contributed by atoms with Crippen LogP contribution in [0.5, 0.6) is 0 Å². The topological polar surface area (TPSA) is 52.7 Å². The van der Waals surface area contributed by atoms with Crippen molar-refractivity contribution in [3.05, 3.63) is 65.7 Å². The van der Waals surface area contributed by atoms with Crippen molar-refractivity contribution in [1.82, 2.24) is 9.80 Å². The van der Waals surface area contributed by atoms with Crippen molar-refractivity contribution >= 4 is 29.3 Å². The van der Waals surface area contributed by atoms with E-state index in [-0.39, 0.29) is 22.8 Å². The molecule has 6 heteroatoms. The van der Waals surface area contributed by atoms with Crippen molar-refractivity contribution < 1.29 is 9.59 Å². The number of thioether (sulfide) groups is 1. The smallest absolute Gasteiger partial charge is 0.235 e. The molecule has 29 heavy (non-hydrogen) atoms. The predicted octanol–water partition coefficient (Wildman–Crippen LogP) is 3.40. The summed E-state index contributed by atoms with van der Waals surface area (Å²) in [5.41, 5.74) is 3.24. The van der Waals surface area contributed by atoms with Gasteiger partial charge in [-0.05, 0) is 31.5 Å². The molecule has 2 amide bonds. The number of carbonyl (C=O) groups is 2. The van der Waals surface area contributed by atoms with Gasteiger partial charge in [0.2, 0.25) is 11.8 Å². The fraction of sp³-hybridized carbons (Fsp3) is 0.391. The second-order valence-corrected chi connectivity index (χ2v) is 8.78. The van der Waals surface area contributed by atoms with Gasteiger partial charge in [0.1, 0.15) is 0 Å². The van der Waals surface area contributed by atoms with Gasteiger partial charge < -0.3 is 10.2 Å². The van der Waals surface area contributed by atoms with Crippen LogP contribution in [0.3, 0.4) is 0 Å². The maximum absolute atomic E-state index is 12.7. The van der Waals surface area contributed by atoms with Gasteiger partial charge in [-0.25, -0.2) is 0 Å². The molecule has 0 spiro atoms. The Kier molecular flexibility index (Phi) is 7.72. The summed E-state index contributed by atoms with van der Waals surface area (Å²) in [6, 6.07) is 18.1. The first kappa shape index (κ1) is 21.4. The van der Waals surface area contributed by atoms with E-state index in [1.54, 1.807) is 0 Å². The average Bonchev–Trinajstić information content (AvgIpc) is 2.74. The first-order chi connectivity index (χ1) is 14.0. The number of carbonyl (C=O) groups excluding carboxylic acids is 2. The average molecular weight is 412 g/mol. The van der Waals surface area contributed by atoms with Crippen LogP contribution in [0.2, 0.25) is 0 Å². The van der Waals surface area contributed by atoms with Crippen LogP contribution in [0, 0.1) is 6.92 Å². The SMILES string of the molecule is Cc1ccc(NC(=O)CS[C@H](C)C(=O)N2CCN(Cc3ccccc3)CC2)cc1. The Morgan fingerprint density at radius 2 is 1.66 bits per heavy atom. The van der Waals surface area contributed by atoms with Crippen molar-refractivity contribution in [2.75, 3.05) is 37.2 Å². The summed E-state index contributed by atoms with van der Waals surface area (Å²) >= 11 is 1.40. The number of amides is 2. The Balaban J connectivity index is 1.38. The zero-order chi connectivity index (χ0) is 20.6. The fourth-order valence-corrected chi connectivity index (χ4v) is 4.10. The molecule has 1 heterocycles. The van der Waals surface area contributed by atoms with Crippen LogP contribution in [0.4, 0.5) is 5.69 Å². The lowest BCUT2D eigenvalue weighted by Gasteiger charge is -2.35. The number of nitrogens with one attached hydrogen (secondary N) is 1. The van der Waals surface area contributed by atoms with E-state index in [0.717, 1.165) is 44.0 Å². The number of anilines is 1. The van der Waals surface area contributed by atoms with Crippen molar-refractivity contribution in [2.24, 2.45) is 0 Å². The lowest BCUT2D eigenvalue weighted by Crippen LogP contribution is -2.50. The molecule has 1 N–H and O–H groups in total. The summed E-state index contributed by atoms with van der Waals surface area (Å²) < 4.78 is 0. The normalized spacial score (nSPS) is 15.7. The van der Waals surface area contributed by atoms with Crippen LogP contribution < -0.4 is 5.32 Å². The third-order valence-electron chi connectivity index (χ3n) is 5.08. The molecule has 1 aliphatic heterocycles. The molecule has 154 valence electrons. The second kappa shape index (κ2) is 10.5. The Hall–Kier alpha value is -2.31. The van der Waals surface area contributed by atoms with Crippen LogP contribution in [0.1, 0.15) is 18.1 Å². The number of hydrogen-bond acceptors (Lipinski definition) is 4. The standard InChI is InChI=1S/C23H29N3O2S/c1-18-8-10-21(11-9-18)24-22(27)17-29-19(2)23(28)26-14-12-25(13-15-26)16-20-6-4-3-5-7-20/h3-11,19H,12-17H2,1-2H3,(H,24,27)/t19-/m1/s1. The van der Waals surface area contributed by atoms with Gasteiger partial charge in [0.25, 0.3) is 0 Å². The zero-order valence-corrected chi connectivity index (χ0v) is 18.0. The first-order valence-electron chi connectivity index (χ1n) is 10.0. The molecule has 5 nitrogen and oxygen atoms in total. The van der Waals surface area contributed by atoms with E-state index in [4.69, 9.17) is 0 Å². The van der Waals surface area contributed by atoms with Crippen LogP contribution in [-0.4, -0.2) is 58.8 Å². The predicted molar refractivity (Wildman–Crippen MR) is 120 cm³/mol. The summed E-state index contributed by atoms with van der Waals surface area (Å²) in [5, 5.41) is 2.66. The number of aryl methyl sites for hydroxylation is 1. The molecule has 0 unspecified atom stereocenters. The minimum Gasteiger partial charge on any atom is -0.339 e. The molecule has 2 aromatic rings. The third kappa shape index (κ3) is 6.61. The molecule has 1 fully saturated rings. The van der Waals surface area contributed by atoms with Crippen LogP contribution >= 0.6 is 11.8 Å². The summed E-state index contributed by atoms with van der Waals surface area (Å²) in [4.78, 5) is 29.2. The van der Waals surface area contributed by atoms with E-state index >= 15 is 0 Å². The van der Waals surface area contributed by atoms with E-state index in [0.29, 0.717) is 0 Å². The molecular weight excluding hydrogens is 382 g/mol. The van der Waals surface area contributed by atoms with Gasteiger partial charge in [0.05, 0.1) is 11.0 Å². The molecular formula is C23H29N3O2S. The fourth-order valence-electron chi connectivity index (χ4n) is 3.33. The number of benzene rings is 2. The zero-order valence-electron chi connectivity index (χ0n) is 17.1. The Labute approximate surface area is 177 Å². The molecule has 1 saturated heterocycles. The molecule has 1 atom stereocenters. The van der Waals surface area contributed by atoms with Gasteiger partial charge in [-0.3, -0.25) is 14.5 Å². The summed E-state index contributed by atoms with van der Waals surface area (Å²) in [6.07, 6.45) is 0. The number of piperazine rings is 1. The van der Waals surface area contributed by atoms with Gasteiger partial charge in [0, 0.05) is 38.4 Å². The highest BCUT2D eigenvalue weighted by Crippen LogP contribution is 2.17. The number of rotatable bonds is 7. The van der Waals surface area contributed by atoms with Gasteiger partial charge in [-0.1, -0.05) is 48.0 Å². The summed E-state index contributed by atoms with van der Waals surface area (Å²) in [5.74, 6) is 0.318. The highest BCUT2D eigenvalue weighted by Gasteiger charge is 2.25. The highest BCUT2D eigenvalue weighted by atomic mass is 32.2. The lowest BCUT2D eigenvalue weighted by atomic mass is 10.2. The Morgan fingerprint density at radius 1 is 1.00 bits per heavy atom. The largest absolute Gasteiger partial charge is 0.339 e. The van der Waals surface area contributed by atoms with E-state index in [1.165, 1.54) is 17.3 Å². The van der Waals surface area contributed by atoms with E-state index in [1.807, 2.05) is 49.1 Å². The van der Waals surface area contributed by atoms with Gasteiger partial charge in [-0.2, -0.15) is 0 Å². The minimum atomic E-state index is -0.223. The van der Waals surface area contributed by atoms with Crippen LogP contribution in [-0.2, 0) is 16.1 Å². The van der Waals surface area contributed by atoms with Gasteiger partial charge in [0.15, 0.2) is 0 Å². The van der Waals surface area contributed by atoms with Gasteiger partial charge in [-0.15, -0.1) is 11.8 Å². The number of hydrogen-bond donors (Lipinski definition) is 1. The molecule has 0 bridgehead atoms. The quantitative estimate of drug-likeness (QED) is 0.759. The van der Waals surface area contributed by atoms with Crippen molar-refractivity contribution in [3.8, 4) is 0 Å². The molecule has 0 radical (unpaired) electrons. The molecule has 0 saturated carbocycles. The van der Waals surface area contributed by atoms with E-state index < -0.39 is 0 Å². The summed E-state index contributed by atoms with van der Waals surface area (Å²) in [6.45, 7) is 8.07. The number of nitrogens with zero attached hydrogens (tertiary/aromatic N) is 2. The molecule has 2 aromatic carbocycles. The Morgan fingerprint density at radius 3 is 2.31 bits per heavy atom. The highest BCUT2D eigenvalue weighted by molar-refractivity contribution is 8.01. The van der Waals surface area contributed by atoms with Crippen molar-refractivity contribution in [1.29, 1.82) is 0 Å². The molecule has 1 aliphatic rings. The second-order valence-electron chi connectivity index (χ2n) is 7.45. The van der Waals surface area contributed by atoms with Crippen molar-refractivity contribution in [3.63, 3.8) is 0 Å². The molecule has 0 aromatic heterocycles. The molecule has 0 aliphatic carbocycles. The Bertz CT molecular complexity index is 803. The van der Waals surface area contributed by atoms with Gasteiger partial charge >= 0.3 is 0 Å². The maximum Gasteiger partial charge on any atom is 0.235 e. The first-order valence-corrected chi connectivity index (χ1v) is 11.1. The third-order valence-corrected chi connectivity index (χ3v) is 6.21. The molecule has 3 rings (SSSR count). The van der Waals surface area contributed by atoms with E-state index in [2.05, 4.69) is 34.5 Å². The lowest BCUT2D eigenvalue weighted by molar-refractivity contribution is -0.132. The monoisotopic (exact) mass is 411 g/mol. The van der Waals surface area contributed by atoms with Crippen LogP contribution in [0.15, 0.2) is 54.6 Å².